The Labute approximate surface area is 253 Å². The molecular weight excluding hydrogens is 538 g/mol. The van der Waals surface area contributed by atoms with Crippen molar-refractivity contribution in [2.45, 2.75) is 43.8 Å². The average Bonchev–Trinajstić information content (AvgIpc) is 3.19. The smallest absolute Gasteiger partial charge is 0.267 e. The first-order chi connectivity index (χ1) is 21.0. The van der Waals surface area contributed by atoms with E-state index in [1.807, 2.05) is 65.6 Å². The highest BCUT2D eigenvalue weighted by atomic mass is 16.2. The van der Waals surface area contributed by atoms with E-state index in [2.05, 4.69) is 51.6 Å². The summed E-state index contributed by atoms with van der Waals surface area (Å²) in [5, 5.41) is 20.1. The number of guanidine groups is 1. The topological polar surface area (TPSA) is 135 Å². The molecule has 0 bridgehead atoms. The molecule has 0 radical (unpaired) electrons. The van der Waals surface area contributed by atoms with Gasteiger partial charge in [-0.05, 0) is 47.6 Å². The number of hydrogen-bond acceptors (Lipinski definition) is 5. The Hall–Kier alpha value is -4.63. The molecular formula is C34H41N7O2. The molecule has 5 rings (SSSR count). The molecule has 0 saturated carbocycles. The summed E-state index contributed by atoms with van der Waals surface area (Å²) >= 11 is 0. The molecule has 9 heteroatoms. The number of nitrogens with zero attached hydrogens (tertiary/aromatic N) is 1. The summed E-state index contributed by atoms with van der Waals surface area (Å²) in [6, 6.07) is 28.2. The zero-order valence-corrected chi connectivity index (χ0v) is 24.4. The summed E-state index contributed by atoms with van der Waals surface area (Å²) in [7, 11) is 0. The van der Waals surface area contributed by atoms with Gasteiger partial charge in [-0.2, -0.15) is 0 Å². The van der Waals surface area contributed by atoms with E-state index in [0.29, 0.717) is 57.7 Å². The van der Waals surface area contributed by atoms with Crippen molar-refractivity contribution >= 4 is 23.8 Å². The second-order valence-electron chi connectivity index (χ2n) is 11.2. The SMILES string of the molecule is N=C(N)NCCC[C@@H]1N[C@H](CNC(=O)C2=Cc3ccccc3CN2)CCN(CC(c2ccccc2)c2ccccc2)C1=O. The summed E-state index contributed by atoms with van der Waals surface area (Å²) in [5.74, 6) is -0.139. The maximum atomic E-state index is 14.0. The third kappa shape index (κ3) is 8.02. The molecule has 0 aliphatic carbocycles. The standard InChI is InChI=1S/C34H41N7O2/c35-34(36)37-18-9-16-30-33(43)41(23-29(24-10-3-1-4-11-24)25-12-5-2-6-13-25)19-17-28(40-30)22-39-32(42)31-20-26-14-7-8-15-27(26)21-38-31/h1-8,10-15,20,28-30,38,40H,9,16-19,21-23H2,(H,39,42)(H4,35,36,37)/t28-,30-/m0/s1. The summed E-state index contributed by atoms with van der Waals surface area (Å²) < 4.78 is 0. The van der Waals surface area contributed by atoms with Crippen LogP contribution in [0.4, 0.5) is 0 Å². The first-order valence-corrected chi connectivity index (χ1v) is 15.0. The zero-order valence-electron chi connectivity index (χ0n) is 24.4. The number of fused-ring (bicyclic) bond motifs is 1. The Balaban J connectivity index is 1.29. The molecule has 1 saturated heterocycles. The maximum Gasteiger partial charge on any atom is 0.267 e. The predicted octanol–water partition coefficient (Wildman–Crippen LogP) is 2.90. The minimum absolute atomic E-state index is 0.0369. The van der Waals surface area contributed by atoms with Gasteiger partial charge < -0.3 is 31.9 Å². The van der Waals surface area contributed by atoms with E-state index in [1.54, 1.807) is 0 Å². The molecule has 3 aromatic carbocycles. The van der Waals surface area contributed by atoms with Gasteiger partial charge in [0.25, 0.3) is 5.91 Å². The molecule has 7 N–H and O–H groups in total. The second kappa shape index (κ2) is 14.5. The lowest BCUT2D eigenvalue weighted by Gasteiger charge is -2.29. The van der Waals surface area contributed by atoms with Gasteiger partial charge in [-0.25, -0.2) is 0 Å². The van der Waals surface area contributed by atoms with Crippen molar-refractivity contribution in [2.75, 3.05) is 26.2 Å². The first-order valence-electron chi connectivity index (χ1n) is 15.0. The molecule has 224 valence electrons. The molecule has 3 aromatic rings. The first kappa shape index (κ1) is 29.8. The van der Waals surface area contributed by atoms with Gasteiger partial charge in [0.1, 0.15) is 5.70 Å². The highest BCUT2D eigenvalue weighted by Crippen LogP contribution is 2.27. The van der Waals surface area contributed by atoms with Crippen molar-refractivity contribution in [2.24, 2.45) is 5.73 Å². The van der Waals surface area contributed by atoms with Crippen LogP contribution >= 0.6 is 0 Å². The van der Waals surface area contributed by atoms with E-state index in [1.165, 1.54) is 11.1 Å². The van der Waals surface area contributed by atoms with E-state index in [9.17, 15) is 9.59 Å². The number of amides is 2. The van der Waals surface area contributed by atoms with Crippen LogP contribution in [-0.4, -0.2) is 60.9 Å². The Morgan fingerprint density at radius 2 is 1.65 bits per heavy atom. The molecule has 2 atom stereocenters. The van der Waals surface area contributed by atoms with E-state index >= 15 is 0 Å². The third-order valence-electron chi connectivity index (χ3n) is 8.16. The summed E-state index contributed by atoms with van der Waals surface area (Å²) in [6.07, 6.45) is 3.86. The van der Waals surface area contributed by atoms with Crippen molar-refractivity contribution in [3.63, 3.8) is 0 Å². The van der Waals surface area contributed by atoms with Gasteiger partial charge in [-0.3, -0.25) is 15.0 Å². The van der Waals surface area contributed by atoms with Crippen molar-refractivity contribution in [1.82, 2.24) is 26.2 Å². The number of nitrogens with one attached hydrogen (secondary N) is 5. The Morgan fingerprint density at radius 1 is 0.977 bits per heavy atom. The number of benzene rings is 3. The highest BCUT2D eigenvalue weighted by molar-refractivity contribution is 5.98. The van der Waals surface area contributed by atoms with E-state index in [-0.39, 0.29) is 29.7 Å². The fourth-order valence-electron chi connectivity index (χ4n) is 5.84. The second-order valence-corrected chi connectivity index (χ2v) is 11.2. The van der Waals surface area contributed by atoms with E-state index in [0.717, 1.165) is 11.1 Å². The Bertz CT molecular complexity index is 1390. The third-order valence-corrected chi connectivity index (χ3v) is 8.16. The summed E-state index contributed by atoms with van der Waals surface area (Å²) in [4.78, 5) is 29.1. The maximum absolute atomic E-state index is 14.0. The van der Waals surface area contributed by atoms with Gasteiger partial charge in [0, 0.05) is 44.7 Å². The molecule has 0 spiro atoms. The fraction of sp³-hybridized carbons (Fsp3) is 0.324. The minimum Gasteiger partial charge on any atom is -0.376 e. The number of hydrogen-bond donors (Lipinski definition) is 6. The van der Waals surface area contributed by atoms with Crippen LogP contribution < -0.4 is 27.0 Å². The van der Waals surface area contributed by atoms with Crippen LogP contribution in [0.3, 0.4) is 0 Å². The molecule has 0 aromatic heterocycles. The van der Waals surface area contributed by atoms with Gasteiger partial charge in [0.05, 0.1) is 6.04 Å². The molecule has 9 nitrogen and oxygen atoms in total. The molecule has 0 unspecified atom stereocenters. The van der Waals surface area contributed by atoms with E-state index in [4.69, 9.17) is 11.1 Å². The monoisotopic (exact) mass is 579 g/mol. The number of carbonyl (C=O) groups is 2. The predicted molar refractivity (Wildman–Crippen MR) is 170 cm³/mol. The average molecular weight is 580 g/mol. The Kier molecular flexibility index (Phi) is 10.1. The van der Waals surface area contributed by atoms with Crippen LogP contribution in [0.5, 0.6) is 0 Å². The van der Waals surface area contributed by atoms with Crippen molar-refractivity contribution in [1.29, 1.82) is 5.41 Å². The van der Waals surface area contributed by atoms with Crippen LogP contribution in [-0.2, 0) is 16.1 Å². The molecule has 2 amide bonds. The number of carbonyl (C=O) groups excluding carboxylic acids is 2. The van der Waals surface area contributed by atoms with Crippen LogP contribution in [0.1, 0.15) is 47.4 Å². The van der Waals surface area contributed by atoms with Crippen LogP contribution in [0.2, 0.25) is 0 Å². The molecule has 2 aliphatic rings. The summed E-state index contributed by atoms with van der Waals surface area (Å²) in [6.45, 7) is 2.68. The molecule has 43 heavy (non-hydrogen) atoms. The highest BCUT2D eigenvalue weighted by Gasteiger charge is 2.32. The van der Waals surface area contributed by atoms with Gasteiger partial charge >= 0.3 is 0 Å². The number of nitrogens with two attached hydrogens (primary N) is 1. The molecule has 1 fully saturated rings. The summed E-state index contributed by atoms with van der Waals surface area (Å²) in [5.41, 5.74) is 10.5. The van der Waals surface area contributed by atoms with Gasteiger partial charge in [-0.1, -0.05) is 84.9 Å². The molecule has 2 heterocycles. The largest absolute Gasteiger partial charge is 0.376 e. The fourth-order valence-corrected chi connectivity index (χ4v) is 5.84. The quantitative estimate of drug-likeness (QED) is 0.118. The van der Waals surface area contributed by atoms with Gasteiger partial charge in [-0.15, -0.1) is 0 Å². The Morgan fingerprint density at radius 3 is 2.35 bits per heavy atom. The van der Waals surface area contributed by atoms with E-state index < -0.39 is 6.04 Å². The van der Waals surface area contributed by atoms with Crippen molar-refractivity contribution in [3.8, 4) is 0 Å². The van der Waals surface area contributed by atoms with Crippen molar-refractivity contribution < 1.29 is 9.59 Å². The van der Waals surface area contributed by atoms with Crippen LogP contribution in [0, 0.1) is 5.41 Å². The lowest BCUT2D eigenvalue weighted by atomic mass is 9.90. The normalized spacial score (nSPS) is 18.2. The lowest BCUT2D eigenvalue weighted by molar-refractivity contribution is -0.133. The van der Waals surface area contributed by atoms with Gasteiger partial charge in [0.15, 0.2) is 5.96 Å². The van der Waals surface area contributed by atoms with Crippen LogP contribution in [0.25, 0.3) is 6.08 Å². The van der Waals surface area contributed by atoms with Crippen molar-refractivity contribution in [3.05, 3.63) is 113 Å². The van der Waals surface area contributed by atoms with Crippen LogP contribution in [0.15, 0.2) is 90.6 Å². The zero-order chi connectivity index (χ0) is 30.0. The number of rotatable bonds is 11. The molecule has 2 aliphatic heterocycles. The van der Waals surface area contributed by atoms with Gasteiger partial charge in [0.2, 0.25) is 5.91 Å². The lowest BCUT2D eigenvalue weighted by Crippen LogP contribution is -2.49. The minimum atomic E-state index is -0.413.